The molecule has 0 spiro atoms. The van der Waals surface area contributed by atoms with Crippen LogP contribution in [0.3, 0.4) is 0 Å². The maximum atomic E-state index is 4.47. The Hall–Kier alpha value is -1.12. The summed E-state index contributed by atoms with van der Waals surface area (Å²) in [6.07, 6.45) is 5.61. The van der Waals surface area contributed by atoms with Gasteiger partial charge in [0.15, 0.2) is 0 Å². The minimum atomic E-state index is 0.257. The van der Waals surface area contributed by atoms with Crippen LogP contribution in [-0.4, -0.2) is 15.5 Å². The second-order valence-corrected chi connectivity index (χ2v) is 4.48. The predicted octanol–water partition coefficient (Wildman–Crippen LogP) is 2.45. The molecule has 1 saturated carbocycles. The summed E-state index contributed by atoms with van der Waals surface area (Å²) in [4.78, 5) is 8.76. The van der Waals surface area contributed by atoms with Gasteiger partial charge < -0.3 is 5.32 Å². The van der Waals surface area contributed by atoms with Gasteiger partial charge in [0.05, 0.1) is 11.4 Å². The van der Waals surface area contributed by atoms with Gasteiger partial charge in [0, 0.05) is 11.7 Å². The monoisotopic (exact) mass is 191 g/mol. The molecule has 1 heterocycles. The lowest BCUT2D eigenvalue weighted by molar-refractivity contribution is 0.305. The molecule has 1 aliphatic rings. The van der Waals surface area contributed by atoms with E-state index in [9.17, 15) is 0 Å². The first-order valence-corrected chi connectivity index (χ1v) is 5.17. The van der Waals surface area contributed by atoms with Crippen molar-refractivity contribution in [2.24, 2.45) is 0 Å². The van der Waals surface area contributed by atoms with Crippen LogP contribution in [0, 0.1) is 13.8 Å². The molecule has 0 atom stereocenters. The Morgan fingerprint density at radius 1 is 1.36 bits per heavy atom. The lowest BCUT2D eigenvalue weighted by Gasteiger charge is -2.39. The number of nitrogens with zero attached hydrogens (tertiary/aromatic N) is 2. The average molecular weight is 191 g/mol. The zero-order chi connectivity index (χ0) is 10.2. The molecule has 0 saturated heterocycles. The Bertz CT molecular complexity index is 342. The van der Waals surface area contributed by atoms with Gasteiger partial charge in [-0.1, -0.05) is 0 Å². The lowest BCUT2D eigenvalue weighted by atomic mass is 9.78. The van der Waals surface area contributed by atoms with Gasteiger partial charge in [-0.3, -0.25) is 4.98 Å². The molecular weight excluding hydrogens is 174 g/mol. The molecule has 0 aromatic carbocycles. The summed E-state index contributed by atoms with van der Waals surface area (Å²) in [5, 5.41) is 3.49. The van der Waals surface area contributed by atoms with Crippen molar-refractivity contribution >= 4 is 5.82 Å². The summed E-state index contributed by atoms with van der Waals surface area (Å²) in [5.41, 5.74) is 2.22. The van der Waals surface area contributed by atoms with Crippen molar-refractivity contribution in [2.45, 2.75) is 45.6 Å². The average Bonchev–Trinajstić information content (AvgIpc) is 2.09. The summed E-state index contributed by atoms with van der Waals surface area (Å²) in [6, 6.07) is 0. The smallest absolute Gasteiger partial charge is 0.148 e. The molecule has 14 heavy (non-hydrogen) atoms. The van der Waals surface area contributed by atoms with E-state index in [4.69, 9.17) is 0 Å². The number of aromatic nitrogens is 2. The SMILES string of the molecule is Cc1cnc(C)c(NC2(C)CCC2)n1. The first kappa shape index (κ1) is 9.44. The highest BCUT2D eigenvalue weighted by Crippen LogP contribution is 2.34. The third-order valence-electron chi connectivity index (χ3n) is 2.95. The van der Waals surface area contributed by atoms with Crippen molar-refractivity contribution in [1.29, 1.82) is 0 Å². The van der Waals surface area contributed by atoms with Crippen LogP contribution in [-0.2, 0) is 0 Å². The zero-order valence-electron chi connectivity index (χ0n) is 9.09. The van der Waals surface area contributed by atoms with E-state index in [1.807, 2.05) is 20.0 Å². The molecule has 0 aliphatic heterocycles. The number of nitrogens with one attached hydrogen (secondary N) is 1. The fourth-order valence-corrected chi connectivity index (χ4v) is 1.77. The fraction of sp³-hybridized carbons (Fsp3) is 0.636. The van der Waals surface area contributed by atoms with Gasteiger partial charge in [-0.2, -0.15) is 0 Å². The number of hydrogen-bond acceptors (Lipinski definition) is 3. The first-order chi connectivity index (χ1) is 6.59. The quantitative estimate of drug-likeness (QED) is 0.780. The van der Waals surface area contributed by atoms with E-state index >= 15 is 0 Å². The van der Waals surface area contributed by atoms with Crippen molar-refractivity contribution in [3.63, 3.8) is 0 Å². The van der Waals surface area contributed by atoms with Crippen molar-refractivity contribution in [1.82, 2.24) is 9.97 Å². The second-order valence-electron chi connectivity index (χ2n) is 4.48. The van der Waals surface area contributed by atoms with Crippen LogP contribution in [0.15, 0.2) is 6.20 Å². The molecule has 76 valence electrons. The van der Waals surface area contributed by atoms with Gasteiger partial charge in [0.2, 0.25) is 0 Å². The Labute approximate surface area is 85.0 Å². The standard InChI is InChI=1S/C11H17N3/c1-8-7-12-9(2)10(13-8)14-11(3)5-4-6-11/h7H,4-6H2,1-3H3,(H,13,14). The van der Waals surface area contributed by atoms with Crippen LogP contribution in [0.5, 0.6) is 0 Å². The van der Waals surface area contributed by atoms with Gasteiger partial charge in [-0.15, -0.1) is 0 Å². The van der Waals surface area contributed by atoms with Gasteiger partial charge in [0.1, 0.15) is 5.82 Å². The lowest BCUT2D eigenvalue weighted by Crippen LogP contribution is -2.42. The summed E-state index contributed by atoms with van der Waals surface area (Å²) < 4.78 is 0. The van der Waals surface area contributed by atoms with E-state index in [0.717, 1.165) is 17.2 Å². The third kappa shape index (κ3) is 1.72. The number of aryl methyl sites for hydroxylation is 2. The zero-order valence-corrected chi connectivity index (χ0v) is 9.09. The molecule has 1 fully saturated rings. The van der Waals surface area contributed by atoms with Crippen LogP contribution >= 0.6 is 0 Å². The molecule has 1 aromatic heterocycles. The molecule has 0 bridgehead atoms. The van der Waals surface area contributed by atoms with Crippen LogP contribution in [0.4, 0.5) is 5.82 Å². The van der Waals surface area contributed by atoms with Crippen LogP contribution in [0.25, 0.3) is 0 Å². The van der Waals surface area contributed by atoms with E-state index in [-0.39, 0.29) is 5.54 Å². The number of hydrogen-bond donors (Lipinski definition) is 1. The van der Waals surface area contributed by atoms with Crippen LogP contribution in [0.2, 0.25) is 0 Å². The molecule has 3 nitrogen and oxygen atoms in total. The second kappa shape index (κ2) is 3.23. The van der Waals surface area contributed by atoms with Gasteiger partial charge in [-0.25, -0.2) is 4.98 Å². The molecule has 0 radical (unpaired) electrons. The maximum Gasteiger partial charge on any atom is 0.148 e. The summed E-state index contributed by atoms with van der Waals surface area (Å²) >= 11 is 0. The van der Waals surface area contributed by atoms with E-state index in [0.29, 0.717) is 0 Å². The molecule has 1 aliphatic carbocycles. The predicted molar refractivity (Wildman–Crippen MR) is 57.4 cm³/mol. The molecular formula is C11H17N3. The highest BCUT2D eigenvalue weighted by atomic mass is 15.1. The third-order valence-corrected chi connectivity index (χ3v) is 2.95. The number of anilines is 1. The summed E-state index contributed by atoms with van der Waals surface area (Å²) in [5.74, 6) is 0.951. The highest BCUT2D eigenvalue weighted by molar-refractivity contribution is 5.42. The van der Waals surface area contributed by atoms with Gasteiger partial charge in [-0.05, 0) is 40.0 Å². The largest absolute Gasteiger partial charge is 0.363 e. The van der Waals surface area contributed by atoms with Crippen molar-refractivity contribution in [3.05, 3.63) is 17.6 Å². The fourth-order valence-electron chi connectivity index (χ4n) is 1.77. The Morgan fingerprint density at radius 2 is 2.07 bits per heavy atom. The molecule has 3 heteroatoms. The molecule has 0 unspecified atom stereocenters. The summed E-state index contributed by atoms with van der Waals surface area (Å²) in [7, 11) is 0. The number of rotatable bonds is 2. The summed E-state index contributed by atoms with van der Waals surface area (Å²) in [6.45, 7) is 6.22. The topological polar surface area (TPSA) is 37.8 Å². The van der Waals surface area contributed by atoms with Crippen molar-refractivity contribution in [2.75, 3.05) is 5.32 Å². The Morgan fingerprint density at radius 3 is 2.64 bits per heavy atom. The van der Waals surface area contributed by atoms with E-state index in [1.54, 1.807) is 0 Å². The first-order valence-electron chi connectivity index (χ1n) is 5.17. The van der Waals surface area contributed by atoms with Crippen LogP contribution in [0.1, 0.15) is 37.6 Å². The highest BCUT2D eigenvalue weighted by Gasteiger charge is 2.32. The van der Waals surface area contributed by atoms with E-state index in [2.05, 4.69) is 22.2 Å². The van der Waals surface area contributed by atoms with Gasteiger partial charge in [0.25, 0.3) is 0 Å². The normalized spacial score (nSPS) is 18.8. The molecule has 1 aromatic rings. The van der Waals surface area contributed by atoms with Crippen molar-refractivity contribution in [3.8, 4) is 0 Å². The van der Waals surface area contributed by atoms with Crippen LogP contribution < -0.4 is 5.32 Å². The minimum absolute atomic E-state index is 0.257. The maximum absolute atomic E-state index is 4.47. The van der Waals surface area contributed by atoms with Gasteiger partial charge >= 0.3 is 0 Å². The Kier molecular flexibility index (Phi) is 2.17. The van der Waals surface area contributed by atoms with E-state index in [1.165, 1.54) is 19.3 Å². The van der Waals surface area contributed by atoms with E-state index < -0.39 is 0 Å². The molecule has 1 N–H and O–H groups in total. The molecule has 2 rings (SSSR count). The molecule has 0 amide bonds. The Balaban J connectivity index is 2.19. The minimum Gasteiger partial charge on any atom is -0.363 e. The van der Waals surface area contributed by atoms with Crippen molar-refractivity contribution < 1.29 is 0 Å².